The van der Waals surface area contributed by atoms with Crippen LogP contribution >= 0.6 is 0 Å². The summed E-state index contributed by atoms with van der Waals surface area (Å²) in [6, 6.07) is 6.04. The number of alkyl halides is 6. The minimum absolute atomic E-state index is 0.0277. The first-order valence-electron chi connectivity index (χ1n) is 11.1. The number of rotatable bonds is 5. The molecule has 2 aliphatic heterocycles. The molecule has 2 aromatic heterocycles. The van der Waals surface area contributed by atoms with E-state index in [0.29, 0.717) is 0 Å². The second kappa shape index (κ2) is 8.27. The highest BCUT2D eigenvalue weighted by atomic mass is 32.2. The molecule has 2 aromatic rings. The van der Waals surface area contributed by atoms with Gasteiger partial charge in [-0.05, 0) is 48.7 Å². The van der Waals surface area contributed by atoms with E-state index in [-0.39, 0.29) is 63.1 Å². The first-order chi connectivity index (χ1) is 17.2. The van der Waals surface area contributed by atoms with Gasteiger partial charge in [0.1, 0.15) is 5.69 Å². The third-order valence-electron chi connectivity index (χ3n) is 6.51. The molecule has 13 heteroatoms. The second-order valence-corrected chi connectivity index (χ2v) is 11.1. The number of hydrogen-bond donors (Lipinski definition) is 1. The fourth-order valence-electron chi connectivity index (χ4n) is 4.20. The maximum Gasteiger partial charge on any atom is 0.417 e. The van der Waals surface area contributed by atoms with Gasteiger partial charge in [0.15, 0.2) is 9.84 Å². The number of fused-ring (bicyclic) bond motifs is 1. The quantitative estimate of drug-likeness (QED) is 0.312. The topological polar surface area (TPSA) is 88.6 Å². The van der Waals surface area contributed by atoms with Crippen LogP contribution in [0.5, 0.6) is 0 Å². The van der Waals surface area contributed by atoms with Crippen molar-refractivity contribution >= 4 is 9.84 Å². The normalized spacial score (nSPS) is 15.8. The van der Waals surface area contributed by atoms with E-state index in [9.17, 15) is 34.8 Å². The average molecular weight is 540 g/mol. The van der Waals surface area contributed by atoms with E-state index in [1.54, 1.807) is 0 Å². The number of nitrogens with zero attached hydrogens (tertiary/aromatic N) is 3. The molecule has 194 valence electrons. The van der Waals surface area contributed by atoms with Crippen molar-refractivity contribution in [3.63, 3.8) is 0 Å². The fraction of sp³-hybridized carbons (Fsp3) is 0.292. The molecule has 0 aromatic carbocycles. The highest BCUT2D eigenvalue weighted by Gasteiger charge is 2.64. The predicted octanol–water partition coefficient (Wildman–Crippen LogP) is 6.04. The predicted molar refractivity (Wildman–Crippen MR) is 121 cm³/mol. The molecule has 0 amide bonds. The highest BCUT2D eigenvalue weighted by molar-refractivity contribution is 7.91. The van der Waals surface area contributed by atoms with E-state index >= 15 is 0 Å². The zero-order valence-corrected chi connectivity index (χ0v) is 19.9. The Balaban J connectivity index is 1.62. The Hall–Kier alpha value is -3.48. The lowest BCUT2D eigenvalue weighted by molar-refractivity contribution is -0.160. The van der Waals surface area contributed by atoms with E-state index in [1.807, 2.05) is 0 Å². The minimum Gasteiger partial charge on any atom is -0.359 e. The molecule has 0 atom stereocenters. The lowest BCUT2D eigenvalue weighted by Crippen LogP contribution is -2.28. The third kappa shape index (κ3) is 4.34. The zero-order valence-electron chi connectivity index (χ0n) is 19.1. The largest absolute Gasteiger partial charge is 0.417 e. The van der Waals surface area contributed by atoms with Crippen LogP contribution in [-0.2, 0) is 21.4 Å². The Kier molecular flexibility index (Phi) is 5.63. The molecule has 5 rings (SSSR count). The Morgan fingerprint density at radius 3 is 2.32 bits per heavy atom. The maximum atomic E-state index is 13.6. The molecule has 0 bridgehead atoms. The van der Waals surface area contributed by atoms with Crippen molar-refractivity contribution in [3.8, 4) is 34.0 Å². The summed E-state index contributed by atoms with van der Waals surface area (Å²) in [7, 11) is -3.93. The number of hydrogen-bond acceptors (Lipinski definition) is 5. The van der Waals surface area contributed by atoms with E-state index < -0.39 is 33.2 Å². The van der Waals surface area contributed by atoms with Crippen molar-refractivity contribution in [2.75, 3.05) is 5.75 Å². The lowest BCUT2D eigenvalue weighted by Gasteiger charge is -2.20. The van der Waals surface area contributed by atoms with E-state index in [0.717, 1.165) is 12.3 Å². The molecule has 1 fully saturated rings. The molecule has 1 aliphatic carbocycles. The summed E-state index contributed by atoms with van der Waals surface area (Å²) in [6.07, 6.45) is -5.86. The summed E-state index contributed by atoms with van der Waals surface area (Å²) in [5.41, 5.74) is -2.42. The number of aromatic amines is 1. The molecule has 37 heavy (non-hydrogen) atoms. The van der Waals surface area contributed by atoms with Crippen LogP contribution in [0, 0.1) is 0 Å². The van der Waals surface area contributed by atoms with Crippen molar-refractivity contribution in [3.05, 3.63) is 60.0 Å². The summed E-state index contributed by atoms with van der Waals surface area (Å²) < 4.78 is 106. The summed E-state index contributed by atoms with van der Waals surface area (Å²) in [6.45, 7) is 1.41. The van der Waals surface area contributed by atoms with E-state index in [1.165, 1.54) is 43.6 Å². The molecule has 0 saturated heterocycles. The second-order valence-electron chi connectivity index (χ2n) is 8.81. The molecule has 1 N–H and O–H groups in total. The van der Waals surface area contributed by atoms with Gasteiger partial charge in [-0.15, -0.1) is 0 Å². The van der Waals surface area contributed by atoms with Gasteiger partial charge < -0.3 is 4.98 Å². The standard InChI is InChI=1S/C24H18F6N4O2S/c1-2-37(35,36)20-7-13(16-8-14(3-6-31-16)22(4-5-22)24(28,29)30)11-33-21(20)19-10-17-18(34-19)9-15(12-32-17)23(25,26)27/h3,6-12,32H,2,4-5H2,1H3. The van der Waals surface area contributed by atoms with Gasteiger partial charge in [-0.2, -0.15) is 26.3 Å². The minimum atomic E-state index is -4.60. The van der Waals surface area contributed by atoms with Gasteiger partial charge in [-0.25, -0.2) is 13.4 Å². The first kappa shape index (κ1) is 25.2. The summed E-state index contributed by atoms with van der Waals surface area (Å²) in [4.78, 5) is 14.7. The maximum absolute atomic E-state index is 13.6. The van der Waals surface area contributed by atoms with Gasteiger partial charge in [-0.3, -0.25) is 9.97 Å². The van der Waals surface area contributed by atoms with Crippen LogP contribution in [0.25, 0.3) is 34.0 Å². The van der Waals surface area contributed by atoms with Crippen molar-refractivity contribution in [2.45, 2.75) is 42.4 Å². The Bertz CT molecular complexity index is 1570. The van der Waals surface area contributed by atoms with Gasteiger partial charge in [-0.1, -0.05) is 6.92 Å². The number of nitrogens with one attached hydrogen (secondary N) is 1. The molecule has 1 saturated carbocycles. The van der Waals surface area contributed by atoms with Gasteiger partial charge >= 0.3 is 12.4 Å². The Morgan fingerprint density at radius 2 is 1.70 bits per heavy atom. The molecule has 0 spiro atoms. The van der Waals surface area contributed by atoms with E-state index in [4.69, 9.17) is 0 Å². The fourth-order valence-corrected chi connectivity index (χ4v) is 5.27. The lowest BCUT2D eigenvalue weighted by atomic mass is 9.95. The van der Waals surface area contributed by atoms with Gasteiger partial charge in [0.05, 0.1) is 44.4 Å². The number of H-pyrrole nitrogens is 1. The van der Waals surface area contributed by atoms with Crippen LogP contribution in [0.1, 0.15) is 30.9 Å². The highest BCUT2D eigenvalue weighted by Crippen LogP contribution is 2.59. The van der Waals surface area contributed by atoms with Crippen LogP contribution in [0.4, 0.5) is 26.3 Å². The van der Waals surface area contributed by atoms with Crippen LogP contribution in [0.3, 0.4) is 0 Å². The van der Waals surface area contributed by atoms with Gasteiger partial charge in [0.25, 0.3) is 0 Å². The van der Waals surface area contributed by atoms with Crippen molar-refractivity contribution < 1.29 is 34.8 Å². The summed E-state index contributed by atoms with van der Waals surface area (Å²) in [5.74, 6) is -0.319. The van der Waals surface area contributed by atoms with Crippen molar-refractivity contribution in [2.24, 2.45) is 0 Å². The van der Waals surface area contributed by atoms with E-state index in [2.05, 4.69) is 19.9 Å². The smallest absolute Gasteiger partial charge is 0.359 e. The van der Waals surface area contributed by atoms with Gasteiger partial charge in [0.2, 0.25) is 0 Å². The monoisotopic (exact) mass is 540 g/mol. The number of sulfone groups is 1. The molecule has 6 nitrogen and oxygen atoms in total. The third-order valence-corrected chi connectivity index (χ3v) is 8.25. The molecular weight excluding hydrogens is 522 g/mol. The average Bonchev–Trinajstić information content (AvgIpc) is 3.57. The van der Waals surface area contributed by atoms with Crippen molar-refractivity contribution in [1.82, 2.24) is 19.9 Å². The molecule has 0 radical (unpaired) electrons. The molecule has 4 heterocycles. The summed E-state index contributed by atoms with van der Waals surface area (Å²) >= 11 is 0. The Labute approximate surface area is 207 Å². The molecule has 3 aliphatic rings. The molecule has 0 unspecified atom stereocenters. The number of pyridine rings is 3. The molecular formula is C24H18F6N4O2S. The SMILES string of the molecule is CCS(=O)(=O)c1cc(-c2cc(C3(C(F)(F)F)CC3)ccn2)cnc1-c1cc2[nH]cc(C(F)(F)F)cc-2n1. The van der Waals surface area contributed by atoms with Gasteiger partial charge in [0, 0.05) is 24.2 Å². The number of aromatic nitrogens is 4. The van der Waals surface area contributed by atoms with Crippen molar-refractivity contribution in [1.29, 1.82) is 0 Å². The Morgan fingerprint density at radius 1 is 0.973 bits per heavy atom. The van der Waals surface area contributed by atoms with Crippen LogP contribution in [0.15, 0.2) is 53.8 Å². The van der Waals surface area contributed by atoms with Crippen LogP contribution in [0.2, 0.25) is 0 Å². The summed E-state index contributed by atoms with van der Waals surface area (Å²) in [5, 5.41) is 0. The first-order valence-corrected chi connectivity index (χ1v) is 12.7. The zero-order chi connectivity index (χ0) is 26.8. The number of halogens is 6. The van der Waals surface area contributed by atoms with Crippen LogP contribution < -0.4 is 0 Å². The van der Waals surface area contributed by atoms with Crippen LogP contribution in [-0.4, -0.2) is 40.3 Å².